The van der Waals surface area contributed by atoms with Gasteiger partial charge in [-0.05, 0) is 49.0 Å². The van der Waals surface area contributed by atoms with E-state index in [1.807, 2.05) is 40.7 Å². The van der Waals surface area contributed by atoms with Gasteiger partial charge in [-0.3, -0.25) is 14.4 Å². The Hall–Kier alpha value is -1.65. The van der Waals surface area contributed by atoms with Crippen LogP contribution in [0.5, 0.6) is 0 Å². The number of carbonyl (C=O) groups excluding carboxylic acids is 3. The van der Waals surface area contributed by atoms with Gasteiger partial charge >= 0.3 is 0 Å². The van der Waals surface area contributed by atoms with Crippen LogP contribution in [0.2, 0.25) is 0 Å². The van der Waals surface area contributed by atoms with Crippen molar-refractivity contribution in [3.63, 3.8) is 0 Å². The minimum Gasteiger partial charge on any atom is -0.344 e. The van der Waals surface area contributed by atoms with E-state index < -0.39 is 11.5 Å². The molecular weight excluding hydrogens is 400 g/mol. The molecule has 5 nitrogen and oxygen atoms in total. The zero-order chi connectivity index (χ0) is 25.2. The standard InChI is InChI=1S/C27H50N2O3/c1-12-14-19(5)22(15-13-2)17-24(31)28-25(27(8,9)10)26(32)29(11)23(18(3)4)16-20(6)21(7)30/h16,18-19,22-23,25H,12-15,17H2,1-11H3,(H,28,31)/b20-16+. The third-order valence-corrected chi connectivity index (χ3v) is 6.53. The van der Waals surface area contributed by atoms with Crippen LogP contribution < -0.4 is 5.32 Å². The van der Waals surface area contributed by atoms with Crippen molar-refractivity contribution < 1.29 is 14.4 Å². The number of amides is 2. The van der Waals surface area contributed by atoms with Crippen LogP contribution in [0.4, 0.5) is 0 Å². The molecule has 0 radical (unpaired) electrons. The van der Waals surface area contributed by atoms with Gasteiger partial charge in [0.15, 0.2) is 5.78 Å². The number of hydrogen-bond acceptors (Lipinski definition) is 3. The molecule has 0 aliphatic rings. The van der Waals surface area contributed by atoms with Gasteiger partial charge in [0, 0.05) is 13.5 Å². The van der Waals surface area contributed by atoms with Gasteiger partial charge in [0.2, 0.25) is 11.8 Å². The van der Waals surface area contributed by atoms with Gasteiger partial charge in [-0.2, -0.15) is 0 Å². The Morgan fingerprint density at radius 3 is 1.91 bits per heavy atom. The van der Waals surface area contributed by atoms with Gasteiger partial charge in [0.1, 0.15) is 6.04 Å². The minimum absolute atomic E-state index is 0.000313. The van der Waals surface area contributed by atoms with E-state index in [1.165, 1.54) is 6.92 Å². The van der Waals surface area contributed by atoms with Crippen LogP contribution in [0.1, 0.15) is 101 Å². The molecular formula is C27H50N2O3. The maximum absolute atomic E-state index is 13.6. The number of allylic oxidation sites excluding steroid dienone is 1. The summed E-state index contributed by atoms with van der Waals surface area (Å²) in [5.74, 6) is 0.786. The quantitative estimate of drug-likeness (QED) is 0.362. The fourth-order valence-electron chi connectivity index (χ4n) is 4.23. The zero-order valence-electron chi connectivity index (χ0n) is 22.7. The van der Waals surface area contributed by atoms with Crippen molar-refractivity contribution in [1.29, 1.82) is 0 Å². The molecule has 2 amide bonds. The Morgan fingerprint density at radius 2 is 1.50 bits per heavy atom. The molecule has 0 aliphatic carbocycles. The van der Waals surface area contributed by atoms with E-state index in [0.717, 1.165) is 25.7 Å². The minimum atomic E-state index is -0.629. The first-order valence-corrected chi connectivity index (χ1v) is 12.4. The first-order valence-electron chi connectivity index (χ1n) is 12.4. The Morgan fingerprint density at radius 1 is 0.969 bits per heavy atom. The molecule has 1 N–H and O–H groups in total. The fraction of sp³-hybridized carbons (Fsp3) is 0.815. The van der Waals surface area contributed by atoms with Gasteiger partial charge in [0.05, 0.1) is 6.04 Å². The van der Waals surface area contributed by atoms with Crippen LogP contribution in [0.3, 0.4) is 0 Å². The lowest BCUT2D eigenvalue weighted by Crippen LogP contribution is -2.56. The molecule has 0 aromatic heterocycles. The van der Waals surface area contributed by atoms with Crippen molar-refractivity contribution in [2.45, 2.75) is 113 Å². The van der Waals surface area contributed by atoms with Crippen molar-refractivity contribution in [1.82, 2.24) is 10.2 Å². The van der Waals surface area contributed by atoms with Gasteiger partial charge in [-0.15, -0.1) is 0 Å². The highest BCUT2D eigenvalue weighted by Gasteiger charge is 2.37. The molecule has 0 fully saturated rings. The topological polar surface area (TPSA) is 66.5 Å². The van der Waals surface area contributed by atoms with Crippen LogP contribution >= 0.6 is 0 Å². The molecule has 0 aliphatic heterocycles. The van der Waals surface area contributed by atoms with E-state index in [0.29, 0.717) is 23.8 Å². The molecule has 0 heterocycles. The fourth-order valence-corrected chi connectivity index (χ4v) is 4.23. The van der Waals surface area contributed by atoms with E-state index >= 15 is 0 Å². The average Bonchev–Trinajstić information content (AvgIpc) is 2.67. The van der Waals surface area contributed by atoms with Crippen molar-refractivity contribution >= 4 is 17.6 Å². The van der Waals surface area contributed by atoms with Crippen LogP contribution in [0, 0.1) is 23.2 Å². The second-order valence-electron chi connectivity index (χ2n) is 11.0. The smallest absolute Gasteiger partial charge is 0.245 e. The maximum atomic E-state index is 13.6. The number of nitrogens with zero attached hydrogens (tertiary/aromatic N) is 1. The lowest BCUT2D eigenvalue weighted by Gasteiger charge is -2.37. The molecule has 0 aromatic carbocycles. The summed E-state index contributed by atoms with van der Waals surface area (Å²) < 4.78 is 0. The molecule has 0 spiro atoms. The number of carbonyl (C=O) groups is 3. The zero-order valence-corrected chi connectivity index (χ0v) is 22.7. The van der Waals surface area contributed by atoms with E-state index in [9.17, 15) is 14.4 Å². The Kier molecular flexibility index (Phi) is 13.1. The highest BCUT2D eigenvalue weighted by molar-refractivity contribution is 5.93. The van der Waals surface area contributed by atoms with Crippen molar-refractivity contribution in [2.24, 2.45) is 23.2 Å². The summed E-state index contributed by atoms with van der Waals surface area (Å²) in [6.07, 6.45) is 6.62. The highest BCUT2D eigenvalue weighted by Crippen LogP contribution is 2.27. The third-order valence-electron chi connectivity index (χ3n) is 6.53. The summed E-state index contributed by atoms with van der Waals surface area (Å²) in [7, 11) is 1.77. The van der Waals surface area contributed by atoms with Gasteiger partial charge in [-0.25, -0.2) is 0 Å². The monoisotopic (exact) mass is 450 g/mol. The number of rotatable bonds is 13. The highest BCUT2D eigenvalue weighted by atomic mass is 16.2. The number of ketones is 1. The van der Waals surface area contributed by atoms with Crippen molar-refractivity contribution in [3.05, 3.63) is 11.6 Å². The van der Waals surface area contributed by atoms with Gasteiger partial charge < -0.3 is 10.2 Å². The summed E-state index contributed by atoms with van der Waals surface area (Å²) in [4.78, 5) is 40.1. The van der Waals surface area contributed by atoms with E-state index in [2.05, 4.69) is 26.1 Å². The van der Waals surface area contributed by atoms with Gasteiger partial charge in [0.25, 0.3) is 0 Å². The van der Waals surface area contributed by atoms with Gasteiger partial charge in [-0.1, -0.05) is 80.7 Å². The molecule has 186 valence electrons. The first kappa shape index (κ1) is 30.4. The van der Waals surface area contributed by atoms with E-state index in [1.54, 1.807) is 18.9 Å². The number of hydrogen-bond donors (Lipinski definition) is 1. The summed E-state index contributed by atoms with van der Waals surface area (Å²) in [6.45, 7) is 19.9. The van der Waals surface area contributed by atoms with Crippen LogP contribution in [-0.4, -0.2) is 41.6 Å². The number of likely N-dealkylation sites (N-methyl/N-ethyl adjacent to an activating group) is 1. The lowest BCUT2D eigenvalue weighted by molar-refractivity contribution is -0.140. The normalized spacial score (nSPS) is 16.3. The SMILES string of the molecule is CCCC(C)C(CCC)CC(=O)NC(C(=O)N(C)C(/C=C(\C)C(C)=O)C(C)C)C(C)(C)C. The second kappa shape index (κ2) is 13.8. The van der Waals surface area contributed by atoms with E-state index in [4.69, 9.17) is 0 Å². The summed E-state index contributed by atoms with van der Waals surface area (Å²) in [5, 5.41) is 3.08. The number of Topliss-reactive ketones (excluding diaryl/α,β-unsaturated/α-hetero) is 1. The van der Waals surface area contributed by atoms with Crippen molar-refractivity contribution in [3.8, 4) is 0 Å². The van der Waals surface area contributed by atoms with Crippen LogP contribution in [0.25, 0.3) is 0 Å². The lowest BCUT2D eigenvalue weighted by atomic mass is 9.82. The molecule has 4 atom stereocenters. The Labute approximate surface area is 197 Å². The molecule has 0 rings (SSSR count). The first-order chi connectivity index (χ1) is 14.7. The van der Waals surface area contributed by atoms with Crippen LogP contribution in [-0.2, 0) is 14.4 Å². The predicted octanol–water partition coefficient (Wildman–Crippen LogP) is 5.78. The molecule has 0 aromatic rings. The molecule has 5 heteroatoms. The largest absolute Gasteiger partial charge is 0.344 e. The Bertz CT molecular complexity index is 646. The predicted molar refractivity (Wildman–Crippen MR) is 134 cm³/mol. The molecule has 0 bridgehead atoms. The molecule has 4 unspecified atom stereocenters. The Balaban J connectivity index is 5.68. The number of nitrogens with one attached hydrogen (secondary N) is 1. The molecule has 0 saturated heterocycles. The van der Waals surface area contributed by atoms with Crippen LogP contribution in [0.15, 0.2) is 11.6 Å². The second-order valence-corrected chi connectivity index (χ2v) is 11.0. The van der Waals surface area contributed by atoms with Crippen molar-refractivity contribution in [2.75, 3.05) is 7.05 Å². The summed E-state index contributed by atoms with van der Waals surface area (Å²) in [5.41, 5.74) is 0.212. The summed E-state index contributed by atoms with van der Waals surface area (Å²) >= 11 is 0. The average molecular weight is 451 g/mol. The van der Waals surface area contributed by atoms with E-state index in [-0.39, 0.29) is 29.6 Å². The summed E-state index contributed by atoms with van der Waals surface area (Å²) in [6, 6.07) is -0.846. The maximum Gasteiger partial charge on any atom is 0.245 e. The molecule has 32 heavy (non-hydrogen) atoms. The molecule has 0 saturated carbocycles. The third kappa shape index (κ3) is 9.87.